The lowest BCUT2D eigenvalue weighted by atomic mass is 10.2. The Morgan fingerprint density at radius 2 is 2.16 bits per heavy atom. The maximum atomic E-state index is 11.9. The Morgan fingerprint density at radius 1 is 1.42 bits per heavy atom. The van der Waals surface area contributed by atoms with Crippen LogP contribution in [-0.4, -0.2) is 20.8 Å². The number of carbonyl (C=O) groups is 1. The smallest absolute Gasteiger partial charge is 0.227 e. The Hall–Kier alpha value is -2.11. The summed E-state index contributed by atoms with van der Waals surface area (Å²) in [5.74, 6) is 1.01. The van der Waals surface area contributed by atoms with Gasteiger partial charge < -0.3 is 9.84 Å². The van der Waals surface area contributed by atoms with Gasteiger partial charge in [-0.15, -0.1) is 0 Å². The van der Waals surface area contributed by atoms with Crippen LogP contribution in [0.3, 0.4) is 0 Å². The van der Waals surface area contributed by atoms with Crippen molar-refractivity contribution in [3.63, 3.8) is 0 Å². The van der Waals surface area contributed by atoms with Gasteiger partial charge in [-0.1, -0.05) is 5.16 Å². The topological polar surface area (TPSA) is 73.0 Å². The van der Waals surface area contributed by atoms with Crippen molar-refractivity contribution in [3.8, 4) is 0 Å². The summed E-state index contributed by atoms with van der Waals surface area (Å²) < 4.78 is 6.76. The highest BCUT2D eigenvalue weighted by Crippen LogP contribution is 2.15. The van der Waals surface area contributed by atoms with Crippen molar-refractivity contribution >= 4 is 11.7 Å². The first-order chi connectivity index (χ1) is 8.95. The Bertz CT molecular complexity index is 585. The van der Waals surface area contributed by atoms with Crippen molar-refractivity contribution < 1.29 is 9.32 Å². The van der Waals surface area contributed by atoms with Gasteiger partial charge in [-0.2, -0.15) is 5.10 Å². The van der Waals surface area contributed by atoms with Crippen LogP contribution in [-0.2, 0) is 4.79 Å². The van der Waals surface area contributed by atoms with E-state index in [2.05, 4.69) is 15.6 Å². The molecule has 2 aromatic rings. The predicted octanol–water partition coefficient (Wildman–Crippen LogP) is 2.39. The molecule has 0 bridgehead atoms. The molecule has 0 aliphatic carbocycles. The fourth-order valence-corrected chi connectivity index (χ4v) is 2.07. The first-order valence-electron chi connectivity index (χ1n) is 6.21. The monoisotopic (exact) mass is 262 g/mol. The maximum absolute atomic E-state index is 11.9. The molecule has 0 radical (unpaired) electrons. The minimum Gasteiger partial charge on any atom is -0.360 e. The molecular formula is C13H18N4O2. The van der Waals surface area contributed by atoms with Gasteiger partial charge in [-0.25, -0.2) is 0 Å². The van der Waals surface area contributed by atoms with E-state index in [4.69, 9.17) is 4.52 Å². The summed E-state index contributed by atoms with van der Waals surface area (Å²) in [7, 11) is 0. The minimum absolute atomic E-state index is 0.00157. The number of carbonyl (C=O) groups excluding carboxylic acids is 1. The molecule has 19 heavy (non-hydrogen) atoms. The number of hydrogen-bond acceptors (Lipinski definition) is 4. The third kappa shape index (κ3) is 3.21. The summed E-state index contributed by atoms with van der Waals surface area (Å²) in [6.07, 6.45) is 0.341. The Morgan fingerprint density at radius 3 is 2.68 bits per heavy atom. The summed E-state index contributed by atoms with van der Waals surface area (Å²) in [6.45, 7) is 7.66. The molecule has 0 spiro atoms. The van der Waals surface area contributed by atoms with E-state index in [1.165, 1.54) is 0 Å². The van der Waals surface area contributed by atoms with Gasteiger partial charge in [0.05, 0.1) is 11.7 Å². The van der Waals surface area contributed by atoms with Crippen LogP contribution in [0.5, 0.6) is 0 Å². The van der Waals surface area contributed by atoms with Gasteiger partial charge in [0, 0.05) is 18.2 Å². The quantitative estimate of drug-likeness (QED) is 0.918. The molecule has 0 fully saturated rings. The van der Waals surface area contributed by atoms with Crippen molar-refractivity contribution in [2.45, 2.75) is 40.2 Å². The molecule has 0 saturated carbocycles. The molecule has 1 atom stereocenters. The second-order valence-corrected chi connectivity index (χ2v) is 4.80. The van der Waals surface area contributed by atoms with E-state index in [1.807, 2.05) is 31.5 Å². The number of aromatic nitrogens is 3. The predicted molar refractivity (Wildman–Crippen MR) is 70.9 cm³/mol. The van der Waals surface area contributed by atoms with Crippen LogP contribution in [0.15, 0.2) is 16.7 Å². The fraction of sp³-hybridized carbons (Fsp3) is 0.462. The first kappa shape index (κ1) is 13.3. The third-order valence-electron chi connectivity index (χ3n) is 2.84. The number of anilines is 1. The van der Waals surface area contributed by atoms with Crippen LogP contribution in [0.1, 0.15) is 36.5 Å². The second-order valence-electron chi connectivity index (χ2n) is 4.80. The van der Waals surface area contributed by atoms with Gasteiger partial charge in [0.1, 0.15) is 5.76 Å². The van der Waals surface area contributed by atoms with Crippen LogP contribution in [0.2, 0.25) is 0 Å². The maximum Gasteiger partial charge on any atom is 0.227 e. The number of aryl methyl sites for hydroxylation is 3. The number of amides is 1. The third-order valence-corrected chi connectivity index (χ3v) is 2.84. The molecule has 6 nitrogen and oxygen atoms in total. The summed E-state index contributed by atoms with van der Waals surface area (Å²) in [5.41, 5.74) is 2.01. The van der Waals surface area contributed by atoms with E-state index in [-0.39, 0.29) is 11.9 Å². The molecular weight excluding hydrogens is 244 g/mol. The van der Waals surface area contributed by atoms with Gasteiger partial charge in [-0.05, 0) is 33.8 Å². The highest BCUT2D eigenvalue weighted by atomic mass is 16.5. The van der Waals surface area contributed by atoms with Gasteiger partial charge in [0.25, 0.3) is 0 Å². The fourth-order valence-electron chi connectivity index (χ4n) is 2.07. The van der Waals surface area contributed by atoms with Crippen LogP contribution < -0.4 is 5.32 Å². The number of rotatable bonds is 4. The molecule has 0 aliphatic rings. The highest BCUT2D eigenvalue weighted by Gasteiger charge is 2.15. The molecule has 2 heterocycles. The van der Waals surface area contributed by atoms with Crippen LogP contribution in [0.4, 0.5) is 5.82 Å². The van der Waals surface area contributed by atoms with E-state index in [9.17, 15) is 4.79 Å². The van der Waals surface area contributed by atoms with Gasteiger partial charge >= 0.3 is 0 Å². The van der Waals surface area contributed by atoms with Gasteiger partial charge in [0.15, 0.2) is 5.82 Å². The Labute approximate surface area is 111 Å². The second kappa shape index (κ2) is 5.26. The lowest BCUT2D eigenvalue weighted by Crippen LogP contribution is -2.19. The molecule has 1 N–H and O–H groups in total. The average molecular weight is 262 g/mol. The zero-order chi connectivity index (χ0) is 14.0. The van der Waals surface area contributed by atoms with Crippen LogP contribution in [0, 0.1) is 20.8 Å². The normalized spacial score (nSPS) is 12.4. The molecule has 0 aromatic carbocycles. The summed E-state index contributed by atoms with van der Waals surface area (Å²) >= 11 is 0. The molecule has 2 aromatic heterocycles. The molecule has 1 unspecified atom stereocenters. The van der Waals surface area contributed by atoms with E-state index in [0.29, 0.717) is 18.0 Å². The number of hydrogen-bond donors (Lipinski definition) is 1. The molecule has 1 amide bonds. The summed E-state index contributed by atoms with van der Waals surface area (Å²) in [6, 6.07) is 3.68. The van der Waals surface area contributed by atoms with E-state index >= 15 is 0 Å². The van der Waals surface area contributed by atoms with Gasteiger partial charge in [0.2, 0.25) is 5.91 Å². The first-order valence-corrected chi connectivity index (χ1v) is 6.21. The lowest BCUT2D eigenvalue weighted by molar-refractivity contribution is -0.116. The Kier molecular flexibility index (Phi) is 3.69. The summed E-state index contributed by atoms with van der Waals surface area (Å²) in [5, 5.41) is 10.8. The summed E-state index contributed by atoms with van der Waals surface area (Å²) in [4.78, 5) is 11.9. The zero-order valence-electron chi connectivity index (χ0n) is 11.6. The van der Waals surface area contributed by atoms with E-state index < -0.39 is 0 Å². The lowest BCUT2D eigenvalue weighted by Gasteiger charge is -2.13. The number of nitrogens with zero attached hydrogens (tertiary/aromatic N) is 3. The molecule has 0 aliphatic heterocycles. The van der Waals surface area contributed by atoms with E-state index in [0.717, 1.165) is 11.4 Å². The standard InChI is InChI=1S/C13H18N4O2/c1-8-5-9(2)17(15-8)10(3)6-13(18)14-12-7-11(4)19-16-12/h5,7,10H,6H2,1-4H3,(H,14,16,18). The van der Waals surface area contributed by atoms with E-state index in [1.54, 1.807) is 13.0 Å². The molecule has 102 valence electrons. The Balaban J connectivity index is 1.97. The largest absolute Gasteiger partial charge is 0.360 e. The SMILES string of the molecule is Cc1cc(C)n(C(C)CC(=O)Nc2cc(C)on2)n1. The van der Waals surface area contributed by atoms with Crippen molar-refractivity contribution in [1.29, 1.82) is 0 Å². The molecule has 0 saturated heterocycles. The van der Waals surface area contributed by atoms with Crippen LogP contribution >= 0.6 is 0 Å². The van der Waals surface area contributed by atoms with Crippen molar-refractivity contribution in [3.05, 3.63) is 29.3 Å². The van der Waals surface area contributed by atoms with Gasteiger partial charge in [-0.3, -0.25) is 9.48 Å². The highest BCUT2D eigenvalue weighted by molar-refractivity contribution is 5.89. The molecule has 2 rings (SSSR count). The number of nitrogens with one attached hydrogen (secondary N) is 1. The van der Waals surface area contributed by atoms with Crippen molar-refractivity contribution in [2.75, 3.05) is 5.32 Å². The average Bonchev–Trinajstić information content (AvgIpc) is 2.84. The molecule has 6 heteroatoms. The zero-order valence-corrected chi connectivity index (χ0v) is 11.6. The van der Waals surface area contributed by atoms with Crippen LogP contribution in [0.25, 0.3) is 0 Å². The van der Waals surface area contributed by atoms with Crippen molar-refractivity contribution in [2.24, 2.45) is 0 Å². The van der Waals surface area contributed by atoms with Crippen molar-refractivity contribution in [1.82, 2.24) is 14.9 Å². The minimum atomic E-state index is -0.103.